The predicted molar refractivity (Wildman–Crippen MR) is 66.0 cm³/mol. The van der Waals surface area contributed by atoms with Gasteiger partial charge < -0.3 is 19.8 Å². The molecule has 1 aliphatic heterocycles. The number of hydrogen-bond acceptors (Lipinski definition) is 4. The van der Waals surface area contributed by atoms with Gasteiger partial charge >= 0.3 is 5.97 Å². The van der Waals surface area contributed by atoms with Gasteiger partial charge in [0.1, 0.15) is 17.5 Å². The molecule has 1 fully saturated rings. The van der Waals surface area contributed by atoms with Gasteiger partial charge in [-0.1, -0.05) is 0 Å². The summed E-state index contributed by atoms with van der Waals surface area (Å²) in [6.07, 6.45) is 1.18. The minimum absolute atomic E-state index is 0.115. The number of aromatic hydroxyl groups is 1. The van der Waals surface area contributed by atoms with E-state index in [1.165, 1.54) is 17.0 Å². The van der Waals surface area contributed by atoms with Crippen LogP contribution in [-0.2, 0) is 9.59 Å². The predicted octanol–water partition coefficient (Wildman–Crippen LogP) is 0.847. The molecule has 1 unspecified atom stereocenters. The van der Waals surface area contributed by atoms with Crippen LogP contribution in [0.2, 0.25) is 0 Å². The highest BCUT2D eigenvalue weighted by molar-refractivity contribution is 5.85. The molecule has 0 aromatic heterocycles. The van der Waals surface area contributed by atoms with E-state index in [9.17, 15) is 9.59 Å². The average molecular weight is 265 g/mol. The number of phenolic OH excluding ortho intramolecular Hbond substituents is 1. The largest absolute Gasteiger partial charge is 0.508 e. The number of nitrogens with zero attached hydrogens (tertiary/aromatic N) is 1. The van der Waals surface area contributed by atoms with Crippen LogP contribution < -0.4 is 4.74 Å². The SMILES string of the molecule is O=C(O)C1CCCN1C(=O)COc1ccc(O)cc1. The molecule has 0 spiro atoms. The smallest absolute Gasteiger partial charge is 0.326 e. The van der Waals surface area contributed by atoms with Crippen LogP contribution in [0.15, 0.2) is 24.3 Å². The number of amides is 1. The second kappa shape index (κ2) is 5.60. The Bertz CT molecular complexity index is 470. The second-order valence-electron chi connectivity index (χ2n) is 4.37. The fraction of sp³-hybridized carbons (Fsp3) is 0.385. The maximum atomic E-state index is 11.9. The first-order chi connectivity index (χ1) is 9.08. The number of carbonyl (C=O) groups is 2. The summed E-state index contributed by atoms with van der Waals surface area (Å²) in [5.74, 6) is -0.741. The Kier molecular flexibility index (Phi) is 3.89. The van der Waals surface area contributed by atoms with E-state index < -0.39 is 12.0 Å². The third-order valence-corrected chi connectivity index (χ3v) is 3.06. The van der Waals surface area contributed by atoms with Gasteiger partial charge in [0.2, 0.25) is 0 Å². The van der Waals surface area contributed by atoms with Crippen LogP contribution in [0, 0.1) is 0 Å². The zero-order valence-electron chi connectivity index (χ0n) is 10.3. The monoisotopic (exact) mass is 265 g/mol. The number of aliphatic carboxylic acids is 1. The molecule has 6 nitrogen and oxygen atoms in total. The molecule has 1 aliphatic rings. The van der Waals surface area contributed by atoms with Gasteiger partial charge in [-0.15, -0.1) is 0 Å². The van der Waals surface area contributed by atoms with E-state index in [4.69, 9.17) is 14.9 Å². The van der Waals surface area contributed by atoms with Crippen LogP contribution in [0.5, 0.6) is 11.5 Å². The molecule has 1 heterocycles. The van der Waals surface area contributed by atoms with E-state index in [2.05, 4.69) is 0 Å². The Morgan fingerprint density at radius 1 is 1.32 bits per heavy atom. The number of hydrogen-bond donors (Lipinski definition) is 2. The van der Waals surface area contributed by atoms with Crippen molar-refractivity contribution in [3.63, 3.8) is 0 Å². The van der Waals surface area contributed by atoms with Gasteiger partial charge in [-0.25, -0.2) is 4.79 Å². The molecule has 1 saturated heterocycles. The third kappa shape index (κ3) is 3.15. The molecule has 2 rings (SSSR count). The Morgan fingerprint density at radius 2 is 2.00 bits per heavy atom. The van der Waals surface area contributed by atoms with Crippen LogP contribution >= 0.6 is 0 Å². The molecule has 2 N–H and O–H groups in total. The van der Waals surface area contributed by atoms with E-state index in [0.717, 1.165) is 0 Å². The zero-order valence-corrected chi connectivity index (χ0v) is 10.3. The topological polar surface area (TPSA) is 87.1 Å². The summed E-state index contributed by atoms with van der Waals surface area (Å²) < 4.78 is 5.27. The molecule has 19 heavy (non-hydrogen) atoms. The fourth-order valence-corrected chi connectivity index (χ4v) is 2.09. The van der Waals surface area contributed by atoms with Crippen LogP contribution in [0.3, 0.4) is 0 Å². The lowest BCUT2D eigenvalue weighted by molar-refractivity contribution is -0.148. The van der Waals surface area contributed by atoms with Crippen LogP contribution in [0.4, 0.5) is 0 Å². The van der Waals surface area contributed by atoms with E-state index in [0.29, 0.717) is 25.1 Å². The standard InChI is InChI=1S/C13H15NO5/c15-9-3-5-10(6-4-9)19-8-12(16)14-7-1-2-11(14)13(17)18/h3-6,11,15H,1-2,7-8H2,(H,17,18). The van der Waals surface area contributed by atoms with Gasteiger partial charge in [-0.2, -0.15) is 0 Å². The van der Waals surface area contributed by atoms with Gasteiger partial charge in [0.25, 0.3) is 5.91 Å². The number of phenols is 1. The van der Waals surface area contributed by atoms with Gasteiger partial charge in [0, 0.05) is 6.54 Å². The first kappa shape index (κ1) is 13.2. The van der Waals surface area contributed by atoms with Crippen molar-refractivity contribution in [2.24, 2.45) is 0 Å². The lowest BCUT2D eigenvalue weighted by atomic mass is 10.2. The van der Waals surface area contributed by atoms with Crippen molar-refractivity contribution in [2.75, 3.05) is 13.2 Å². The molecule has 1 amide bonds. The van der Waals surface area contributed by atoms with Crippen molar-refractivity contribution in [3.8, 4) is 11.5 Å². The van der Waals surface area contributed by atoms with E-state index in [1.54, 1.807) is 12.1 Å². The molecule has 6 heteroatoms. The summed E-state index contributed by atoms with van der Waals surface area (Å²) in [7, 11) is 0. The first-order valence-electron chi connectivity index (χ1n) is 6.02. The van der Waals surface area contributed by atoms with E-state index >= 15 is 0 Å². The normalized spacial score (nSPS) is 18.3. The van der Waals surface area contributed by atoms with Crippen molar-refractivity contribution in [1.82, 2.24) is 4.90 Å². The van der Waals surface area contributed by atoms with Crippen molar-refractivity contribution in [2.45, 2.75) is 18.9 Å². The molecule has 0 radical (unpaired) electrons. The van der Waals surface area contributed by atoms with Crippen molar-refractivity contribution >= 4 is 11.9 Å². The number of benzene rings is 1. The highest BCUT2D eigenvalue weighted by Gasteiger charge is 2.33. The maximum absolute atomic E-state index is 11.9. The average Bonchev–Trinajstić information content (AvgIpc) is 2.87. The number of carbonyl (C=O) groups excluding carboxylic acids is 1. The molecule has 0 aliphatic carbocycles. The summed E-state index contributed by atoms with van der Waals surface area (Å²) in [5.41, 5.74) is 0. The Labute approximate surface area is 110 Å². The second-order valence-corrected chi connectivity index (χ2v) is 4.37. The third-order valence-electron chi connectivity index (χ3n) is 3.06. The molecule has 102 valence electrons. The Morgan fingerprint density at radius 3 is 2.63 bits per heavy atom. The lowest BCUT2D eigenvalue weighted by Gasteiger charge is -2.21. The maximum Gasteiger partial charge on any atom is 0.326 e. The molecule has 0 bridgehead atoms. The summed E-state index contributed by atoms with van der Waals surface area (Å²) in [5, 5.41) is 18.1. The highest BCUT2D eigenvalue weighted by atomic mass is 16.5. The Hall–Kier alpha value is -2.24. The van der Waals surface area contributed by atoms with Crippen molar-refractivity contribution in [3.05, 3.63) is 24.3 Å². The molecular formula is C13H15NO5. The van der Waals surface area contributed by atoms with Crippen LogP contribution in [-0.4, -0.2) is 46.2 Å². The highest BCUT2D eigenvalue weighted by Crippen LogP contribution is 2.19. The van der Waals surface area contributed by atoms with E-state index in [-0.39, 0.29) is 18.3 Å². The van der Waals surface area contributed by atoms with Gasteiger partial charge in [0.05, 0.1) is 0 Å². The van der Waals surface area contributed by atoms with Gasteiger partial charge in [0.15, 0.2) is 6.61 Å². The number of rotatable bonds is 4. The molecule has 1 aromatic carbocycles. The summed E-state index contributed by atoms with van der Waals surface area (Å²) in [6.45, 7) is 0.253. The van der Waals surface area contributed by atoms with E-state index in [1.807, 2.05) is 0 Å². The quantitative estimate of drug-likeness (QED) is 0.842. The van der Waals surface area contributed by atoms with Crippen LogP contribution in [0.1, 0.15) is 12.8 Å². The number of ether oxygens (including phenoxy) is 1. The Balaban J connectivity index is 1.90. The number of likely N-dealkylation sites (tertiary alicyclic amines) is 1. The fourth-order valence-electron chi connectivity index (χ4n) is 2.09. The van der Waals surface area contributed by atoms with Gasteiger partial charge in [-0.3, -0.25) is 4.79 Å². The summed E-state index contributed by atoms with van der Waals surface area (Å²) in [4.78, 5) is 24.2. The van der Waals surface area contributed by atoms with Crippen molar-refractivity contribution in [1.29, 1.82) is 0 Å². The van der Waals surface area contributed by atoms with Crippen molar-refractivity contribution < 1.29 is 24.5 Å². The number of carboxylic acids is 1. The minimum Gasteiger partial charge on any atom is -0.508 e. The summed E-state index contributed by atoms with van der Waals surface area (Å²) in [6, 6.07) is 5.25. The molecule has 1 aromatic rings. The molecule has 0 saturated carbocycles. The van der Waals surface area contributed by atoms with Crippen LogP contribution in [0.25, 0.3) is 0 Å². The zero-order chi connectivity index (χ0) is 13.8. The molecule has 1 atom stereocenters. The minimum atomic E-state index is -0.976. The first-order valence-corrected chi connectivity index (χ1v) is 6.02. The lowest BCUT2D eigenvalue weighted by Crippen LogP contribution is -2.42. The molecular weight excluding hydrogens is 250 g/mol. The van der Waals surface area contributed by atoms with Gasteiger partial charge in [-0.05, 0) is 37.1 Å². The summed E-state index contributed by atoms with van der Waals surface area (Å²) >= 11 is 0. The number of carboxylic acid groups (broad SMARTS) is 1.